The third-order valence-corrected chi connectivity index (χ3v) is 0.359. The van der Waals surface area contributed by atoms with Crippen LogP contribution in [0, 0.1) is 10.1 Å². The maximum atomic E-state index is 9.54. The minimum atomic E-state index is -1.25. The quantitative estimate of drug-likeness (QED) is 0.362. The summed E-state index contributed by atoms with van der Waals surface area (Å²) in [6, 6.07) is 0. The summed E-state index contributed by atoms with van der Waals surface area (Å²) in [6.07, 6.45) is 0. The van der Waals surface area contributed by atoms with Crippen LogP contribution >= 0.6 is 0 Å². The number of nitro groups is 1. The van der Waals surface area contributed by atoms with Gasteiger partial charge < -0.3 is 5.11 Å². The van der Waals surface area contributed by atoms with Gasteiger partial charge in [0, 0.05) is 0 Å². The molecule has 0 atom stereocenters. The molecule has 46 valence electrons. The Hall–Kier alpha value is -1.33. The van der Waals surface area contributed by atoms with Gasteiger partial charge in [-0.15, -0.1) is 5.43 Å². The Kier molecular flexibility index (Phi) is 2.32. The number of hydrogen-bond acceptors (Lipinski definition) is 3. The van der Waals surface area contributed by atoms with E-state index in [0.717, 1.165) is 0 Å². The molecule has 6 heteroatoms. The lowest BCUT2D eigenvalue weighted by Gasteiger charge is -1.87. The standard InChI is InChI=1S/C2H4N2O4/c5-2(6)1-3-4(7)8/h3H,1H2,(H,5,6). The zero-order valence-corrected chi connectivity index (χ0v) is 3.83. The van der Waals surface area contributed by atoms with E-state index in [1.54, 1.807) is 0 Å². The van der Waals surface area contributed by atoms with Crippen molar-refractivity contribution >= 4 is 5.97 Å². The van der Waals surface area contributed by atoms with E-state index in [1.807, 2.05) is 0 Å². The van der Waals surface area contributed by atoms with Crippen molar-refractivity contribution in [2.75, 3.05) is 6.54 Å². The Morgan fingerprint density at radius 2 is 2.38 bits per heavy atom. The Bertz CT molecular complexity index is 96.6. The highest BCUT2D eigenvalue weighted by atomic mass is 16.7. The highest BCUT2D eigenvalue weighted by Gasteiger charge is 1.98. The van der Waals surface area contributed by atoms with Crippen LogP contribution in [0.4, 0.5) is 0 Å². The van der Waals surface area contributed by atoms with Crippen molar-refractivity contribution in [1.29, 1.82) is 0 Å². The first kappa shape index (κ1) is 6.67. The second-order valence-electron chi connectivity index (χ2n) is 0.986. The SMILES string of the molecule is O=C(O)CN[N+](=O)[O-]. The smallest absolute Gasteiger partial charge is 0.328 e. The van der Waals surface area contributed by atoms with Gasteiger partial charge in [-0.2, -0.15) is 0 Å². The zero-order chi connectivity index (χ0) is 6.57. The Labute approximate surface area is 44.2 Å². The van der Waals surface area contributed by atoms with Crippen LogP contribution in [-0.4, -0.2) is 22.7 Å². The van der Waals surface area contributed by atoms with Crippen molar-refractivity contribution in [1.82, 2.24) is 5.43 Å². The molecule has 0 aromatic heterocycles. The van der Waals surface area contributed by atoms with Gasteiger partial charge in [-0.3, -0.25) is 4.79 Å². The molecule has 0 rings (SSSR count). The number of hydrogen-bond donors (Lipinski definition) is 2. The van der Waals surface area contributed by atoms with Gasteiger partial charge in [0.2, 0.25) is 0 Å². The summed E-state index contributed by atoms with van der Waals surface area (Å²) in [5, 5.41) is 16.2. The number of carboxylic acid groups (broad SMARTS) is 1. The number of rotatable bonds is 3. The average Bonchev–Trinajstić information content (AvgIpc) is 1.61. The topological polar surface area (TPSA) is 92.5 Å². The average molecular weight is 120 g/mol. The molecule has 0 fully saturated rings. The minimum absolute atomic E-state index is 0.646. The zero-order valence-electron chi connectivity index (χ0n) is 3.83. The summed E-state index contributed by atoms with van der Waals surface area (Å²) in [6.45, 7) is -0.646. The molecule has 0 unspecified atom stereocenters. The fourth-order valence-electron chi connectivity index (χ4n) is 0.132. The predicted octanol–water partition coefficient (Wildman–Crippen LogP) is -1.15. The van der Waals surface area contributed by atoms with Crippen molar-refractivity contribution in [3.8, 4) is 0 Å². The van der Waals surface area contributed by atoms with Gasteiger partial charge in [0.25, 0.3) is 0 Å². The normalized spacial score (nSPS) is 8.00. The number of aliphatic carboxylic acids is 1. The van der Waals surface area contributed by atoms with E-state index in [-0.39, 0.29) is 0 Å². The fraction of sp³-hybridized carbons (Fsp3) is 0.500. The molecule has 6 nitrogen and oxygen atoms in total. The summed E-state index contributed by atoms with van der Waals surface area (Å²) in [7, 11) is 0. The summed E-state index contributed by atoms with van der Waals surface area (Å²) in [4.78, 5) is 18.9. The van der Waals surface area contributed by atoms with Gasteiger partial charge in [0.15, 0.2) is 11.6 Å². The highest BCUT2D eigenvalue weighted by Crippen LogP contribution is 1.58. The number of nitrogens with one attached hydrogen (secondary N) is 1. The molecular weight excluding hydrogens is 116 g/mol. The molecule has 0 aliphatic rings. The van der Waals surface area contributed by atoms with Crippen molar-refractivity contribution in [2.24, 2.45) is 0 Å². The molecule has 0 heterocycles. The predicted molar refractivity (Wildman–Crippen MR) is 22.6 cm³/mol. The number of carboxylic acids is 1. The van der Waals surface area contributed by atoms with Crippen molar-refractivity contribution in [3.05, 3.63) is 10.1 Å². The van der Waals surface area contributed by atoms with Crippen molar-refractivity contribution < 1.29 is 14.9 Å². The van der Waals surface area contributed by atoms with Crippen LogP contribution in [0.3, 0.4) is 0 Å². The second kappa shape index (κ2) is 2.78. The van der Waals surface area contributed by atoms with Gasteiger partial charge in [-0.05, 0) is 0 Å². The highest BCUT2D eigenvalue weighted by molar-refractivity contribution is 5.68. The van der Waals surface area contributed by atoms with Gasteiger partial charge in [0.05, 0.1) is 0 Å². The van der Waals surface area contributed by atoms with E-state index < -0.39 is 17.5 Å². The third kappa shape index (κ3) is 4.67. The molecule has 0 bridgehead atoms. The van der Waals surface area contributed by atoms with Crippen LogP contribution in [0.2, 0.25) is 0 Å². The first-order chi connectivity index (χ1) is 3.63. The molecule has 0 aromatic rings. The van der Waals surface area contributed by atoms with E-state index in [9.17, 15) is 14.9 Å². The van der Waals surface area contributed by atoms with Crippen LogP contribution in [0.5, 0.6) is 0 Å². The lowest BCUT2D eigenvalue weighted by Crippen LogP contribution is -2.27. The second-order valence-corrected chi connectivity index (χ2v) is 0.986. The van der Waals surface area contributed by atoms with Crippen LogP contribution in [-0.2, 0) is 4.79 Å². The fourth-order valence-corrected chi connectivity index (χ4v) is 0.132. The molecule has 0 saturated carbocycles. The van der Waals surface area contributed by atoms with E-state index in [4.69, 9.17) is 5.11 Å². The van der Waals surface area contributed by atoms with Crippen LogP contribution in [0.25, 0.3) is 0 Å². The number of nitrogens with zero attached hydrogens (tertiary/aromatic N) is 1. The van der Waals surface area contributed by atoms with Crippen molar-refractivity contribution in [3.63, 3.8) is 0 Å². The molecule has 0 spiro atoms. The molecule has 0 aliphatic carbocycles. The lowest BCUT2D eigenvalue weighted by atomic mass is 10.7. The van der Waals surface area contributed by atoms with E-state index in [1.165, 1.54) is 5.43 Å². The Morgan fingerprint density at radius 1 is 1.88 bits per heavy atom. The molecule has 0 amide bonds. The van der Waals surface area contributed by atoms with E-state index in [0.29, 0.717) is 0 Å². The van der Waals surface area contributed by atoms with Gasteiger partial charge >= 0.3 is 5.97 Å². The third-order valence-electron chi connectivity index (χ3n) is 0.359. The van der Waals surface area contributed by atoms with Gasteiger partial charge in [0.1, 0.15) is 0 Å². The monoisotopic (exact) mass is 120 g/mol. The lowest BCUT2D eigenvalue weighted by molar-refractivity contribution is -0.542. The molecule has 8 heavy (non-hydrogen) atoms. The summed E-state index contributed by atoms with van der Waals surface area (Å²) < 4.78 is 0. The maximum Gasteiger partial charge on any atom is 0.328 e. The van der Waals surface area contributed by atoms with Crippen LogP contribution in [0.15, 0.2) is 0 Å². The summed E-state index contributed by atoms with van der Waals surface area (Å²) in [5.74, 6) is -1.25. The van der Waals surface area contributed by atoms with Gasteiger partial charge in [-0.25, -0.2) is 10.1 Å². The van der Waals surface area contributed by atoms with Crippen molar-refractivity contribution in [2.45, 2.75) is 0 Å². The first-order valence-electron chi connectivity index (χ1n) is 1.72. The van der Waals surface area contributed by atoms with E-state index >= 15 is 0 Å². The van der Waals surface area contributed by atoms with Crippen LogP contribution in [0.1, 0.15) is 0 Å². The number of carbonyl (C=O) groups is 1. The minimum Gasteiger partial charge on any atom is -0.480 e. The van der Waals surface area contributed by atoms with Crippen LogP contribution < -0.4 is 5.43 Å². The first-order valence-corrected chi connectivity index (χ1v) is 1.72. The summed E-state index contributed by atoms with van der Waals surface area (Å²) >= 11 is 0. The molecule has 0 radical (unpaired) electrons. The number of hydrazine groups is 1. The molecule has 2 N–H and O–H groups in total. The molecule has 0 saturated heterocycles. The Morgan fingerprint density at radius 3 is 2.50 bits per heavy atom. The molecular formula is C2H4N2O4. The van der Waals surface area contributed by atoms with Gasteiger partial charge in [-0.1, -0.05) is 0 Å². The molecule has 0 aliphatic heterocycles. The molecule has 0 aromatic carbocycles. The Balaban J connectivity index is 3.18. The summed E-state index contributed by atoms with van der Waals surface area (Å²) in [5.41, 5.74) is 1.47. The van der Waals surface area contributed by atoms with E-state index in [2.05, 4.69) is 0 Å². The largest absolute Gasteiger partial charge is 0.480 e. The maximum absolute atomic E-state index is 9.54.